The molecule has 1 amide bonds. The summed E-state index contributed by atoms with van der Waals surface area (Å²) >= 11 is 0. The van der Waals surface area contributed by atoms with Gasteiger partial charge in [-0.15, -0.1) is 10.2 Å². The molecule has 6 heteroatoms. The molecule has 1 saturated heterocycles. The third-order valence-electron chi connectivity index (χ3n) is 3.36. The summed E-state index contributed by atoms with van der Waals surface area (Å²) in [5.74, 6) is 0.647. The molecule has 2 heterocycles. The minimum atomic E-state index is -0.137. The SMILES string of the molecule is CCCC1(N)CN(c2ccc(C(=O)N(C)C)nn2)C1. The van der Waals surface area contributed by atoms with Gasteiger partial charge in [-0.2, -0.15) is 0 Å². The van der Waals surface area contributed by atoms with Crippen LogP contribution in [0.4, 0.5) is 5.82 Å². The number of carbonyl (C=O) groups excluding carboxylic acids is 1. The van der Waals surface area contributed by atoms with E-state index in [9.17, 15) is 4.79 Å². The zero-order valence-corrected chi connectivity index (χ0v) is 11.8. The Balaban J connectivity index is 1.99. The fraction of sp³-hybridized carbons (Fsp3) is 0.615. The normalized spacial score (nSPS) is 16.9. The lowest BCUT2D eigenvalue weighted by atomic mass is 9.86. The topological polar surface area (TPSA) is 75.3 Å². The Morgan fingerprint density at radius 1 is 1.42 bits per heavy atom. The molecule has 0 bridgehead atoms. The highest BCUT2D eigenvalue weighted by molar-refractivity contribution is 5.91. The number of nitrogens with two attached hydrogens (primary N) is 1. The fourth-order valence-corrected chi connectivity index (χ4v) is 2.37. The summed E-state index contributed by atoms with van der Waals surface area (Å²) in [4.78, 5) is 15.3. The van der Waals surface area contributed by atoms with E-state index >= 15 is 0 Å². The van der Waals surface area contributed by atoms with Crippen molar-refractivity contribution < 1.29 is 4.79 Å². The van der Waals surface area contributed by atoms with E-state index in [0.29, 0.717) is 5.69 Å². The highest BCUT2D eigenvalue weighted by atomic mass is 16.2. The quantitative estimate of drug-likeness (QED) is 0.856. The maximum absolute atomic E-state index is 11.7. The summed E-state index contributed by atoms with van der Waals surface area (Å²) in [5, 5.41) is 8.08. The van der Waals surface area contributed by atoms with Crippen LogP contribution >= 0.6 is 0 Å². The number of carbonyl (C=O) groups is 1. The van der Waals surface area contributed by atoms with Gasteiger partial charge in [0.05, 0.1) is 5.54 Å². The first-order valence-corrected chi connectivity index (χ1v) is 6.54. The van der Waals surface area contributed by atoms with Gasteiger partial charge in [-0.3, -0.25) is 4.79 Å². The molecule has 0 radical (unpaired) electrons. The third-order valence-corrected chi connectivity index (χ3v) is 3.36. The van der Waals surface area contributed by atoms with Gasteiger partial charge in [-0.25, -0.2) is 0 Å². The molecule has 0 atom stereocenters. The number of nitrogens with zero attached hydrogens (tertiary/aromatic N) is 4. The molecule has 1 aromatic heterocycles. The van der Waals surface area contributed by atoms with E-state index in [4.69, 9.17) is 5.73 Å². The number of hydrogen-bond acceptors (Lipinski definition) is 5. The van der Waals surface area contributed by atoms with Crippen molar-refractivity contribution in [3.63, 3.8) is 0 Å². The molecule has 0 spiro atoms. The lowest BCUT2D eigenvalue weighted by Gasteiger charge is -2.48. The molecule has 0 aliphatic carbocycles. The maximum atomic E-state index is 11.7. The number of anilines is 1. The highest BCUT2D eigenvalue weighted by Crippen LogP contribution is 2.27. The molecule has 1 aliphatic heterocycles. The van der Waals surface area contributed by atoms with E-state index < -0.39 is 0 Å². The van der Waals surface area contributed by atoms with Gasteiger partial charge in [0.1, 0.15) is 0 Å². The van der Waals surface area contributed by atoms with Gasteiger partial charge >= 0.3 is 0 Å². The van der Waals surface area contributed by atoms with Crippen LogP contribution in [0.5, 0.6) is 0 Å². The second kappa shape index (κ2) is 5.13. The van der Waals surface area contributed by atoms with Gasteiger partial charge < -0.3 is 15.5 Å². The van der Waals surface area contributed by atoms with Crippen LogP contribution in [0.3, 0.4) is 0 Å². The van der Waals surface area contributed by atoms with Crippen LogP contribution in [0.1, 0.15) is 30.3 Å². The van der Waals surface area contributed by atoms with E-state index in [1.807, 2.05) is 6.07 Å². The summed E-state index contributed by atoms with van der Waals surface area (Å²) < 4.78 is 0. The molecule has 19 heavy (non-hydrogen) atoms. The molecule has 1 fully saturated rings. The summed E-state index contributed by atoms with van der Waals surface area (Å²) in [6.07, 6.45) is 2.11. The first kappa shape index (κ1) is 13.7. The molecule has 0 aromatic carbocycles. The average Bonchev–Trinajstić information content (AvgIpc) is 2.35. The van der Waals surface area contributed by atoms with Crippen molar-refractivity contribution in [3.8, 4) is 0 Å². The molecular formula is C13H21N5O. The molecule has 1 aromatic rings. The lowest BCUT2D eigenvalue weighted by Crippen LogP contribution is -2.67. The van der Waals surface area contributed by atoms with Crippen molar-refractivity contribution >= 4 is 11.7 Å². The highest BCUT2D eigenvalue weighted by Gasteiger charge is 2.39. The Morgan fingerprint density at radius 2 is 2.11 bits per heavy atom. The van der Waals surface area contributed by atoms with Crippen LogP contribution in [0.2, 0.25) is 0 Å². The van der Waals surface area contributed by atoms with Crippen LogP contribution in [-0.2, 0) is 0 Å². The van der Waals surface area contributed by atoms with Gasteiger partial charge in [-0.05, 0) is 18.6 Å². The largest absolute Gasteiger partial charge is 0.351 e. The van der Waals surface area contributed by atoms with E-state index in [-0.39, 0.29) is 11.4 Å². The molecule has 6 nitrogen and oxygen atoms in total. The Bertz CT molecular complexity index is 451. The van der Waals surface area contributed by atoms with Crippen molar-refractivity contribution in [2.75, 3.05) is 32.1 Å². The fourth-order valence-electron chi connectivity index (χ4n) is 2.37. The summed E-state index contributed by atoms with van der Waals surface area (Å²) in [6.45, 7) is 3.74. The van der Waals surface area contributed by atoms with E-state index in [0.717, 1.165) is 31.7 Å². The predicted octanol–water partition coefficient (Wildman–Crippen LogP) is 0.496. The first-order valence-electron chi connectivity index (χ1n) is 6.54. The average molecular weight is 263 g/mol. The van der Waals surface area contributed by atoms with Crippen LogP contribution in [0.25, 0.3) is 0 Å². The predicted molar refractivity (Wildman–Crippen MR) is 74.1 cm³/mol. The molecule has 0 saturated carbocycles. The van der Waals surface area contributed by atoms with Crippen molar-refractivity contribution in [1.29, 1.82) is 0 Å². The number of aromatic nitrogens is 2. The smallest absolute Gasteiger partial charge is 0.273 e. The summed E-state index contributed by atoms with van der Waals surface area (Å²) in [6, 6.07) is 3.54. The molecule has 1 aliphatic rings. The number of amides is 1. The van der Waals surface area contributed by atoms with Crippen molar-refractivity contribution in [1.82, 2.24) is 15.1 Å². The van der Waals surface area contributed by atoms with Crippen LogP contribution < -0.4 is 10.6 Å². The number of hydrogen-bond donors (Lipinski definition) is 1. The van der Waals surface area contributed by atoms with Gasteiger partial charge in [0.15, 0.2) is 11.5 Å². The monoisotopic (exact) mass is 263 g/mol. The zero-order chi connectivity index (χ0) is 14.0. The Labute approximate surface area is 113 Å². The Kier molecular flexibility index (Phi) is 3.71. The first-order chi connectivity index (χ1) is 8.95. The second-order valence-electron chi connectivity index (χ2n) is 5.44. The van der Waals surface area contributed by atoms with Crippen LogP contribution in [0, 0.1) is 0 Å². The Hall–Kier alpha value is -1.69. The van der Waals surface area contributed by atoms with Gasteiger partial charge in [-0.1, -0.05) is 13.3 Å². The van der Waals surface area contributed by atoms with Crippen molar-refractivity contribution in [2.24, 2.45) is 5.73 Å². The molecule has 104 valence electrons. The van der Waals surface area contributed by atoms with Gasteiger partial charge in [0, 0.05) is 27.2 Å². The minimum absolute atomic E-state index is 0.0887. The van der Waals surface area contributed by atoms with Gasteiger partial charge in [0.2, 0.25) is 0 Å². The Morgan fingerprint density at radius 3 is 2.58 bits per heavy atom. The summed E-state index contributed by atoms with van der Waals surface area (Å²) in [5.41, 5.74) is 6.48. The zero-order valence-electron chi connectivity index (χ0n) is 11.8. The van der Waals surface area contributed by atoms with E-state index in [1.54, 1.807) is 20.2 Å². The molecule has 2 rings (SSSR count). The maximum Gasteiger partial charge on any atom is 0.273 e. The summed E-state index contributed by atoms with van der Waals surface area (Å²) in [7, 11) is 3.39. The number of rotatable bonds is 4. The minimum Gasteiger partial charge on any atom is -0.351 e. The standard InChI is InChI=1S/C13H21N5O/c1-4-7-13(14)8-18(9-13)11-6-5-10(15-16-11)12(19)17(2)3/h5-6H,4,7-9,14H2,1-3H3. The third kappa shape index (κ3) is 2.84. The molecule has 2 N–H and O–H groups in total. The van der Waals surface area contributed by atoms with E-state index in [1.165, 1.54) is 4.90 Å². The van der Waals surface area contributed by atoms with Crippen LogP contribution in [-0.4, -0.2) is 53.7 Å². The van der Waals surface area contributed by atoms with E-state index in [2.05, 4.69) is 22.0 Å². The second-order valence-corrected chi connectivity index (χ2v) is 5.44. The van der Waals surface area contributed by atoms with Crippen molar-refractivity contribution in [2.45, 2.75) is 25.3 Å². The van der Waals surface area contributed by atoms with Crippen molar-refractivity contribution in [3.05, 3.63) is 17.8 Å². The molecular weight excluding hydrogens is 242 g/mol. The lowest BCUT2D eigenvalue weighted by molar-refractivity contribution is 0.0821. The van der Waals surface area contributed by atoms with Gasteiger partial charge in [0.25, 0.3) is 5.91 Å². The molecule has 0 unspecified atom stereocenters. The van der Waals surface area contributed by atoms with Crippen LogP contribution in [0.15, 0.2) is 12.1 Å².